The zero-order chi connectivity index (χ0) is 22.2. The van der Waals surface area contributed by atoms with Crippen LogP contribution < -0.4 is 10.6 Å². The van der Waals surface area contributed by atoms with E-state index in [1.807, 2.05) is 29.2 Å². The topological polar surface area (TPSA) is 80.3 Å². The van der Waals surface area contributed by atoms with Crippen molar-refractivity contribution in [1.29, 1.82) is 0 Å². The highest BCUT2D eigenvalue weighted by Crippen LogP contribution is 2.28. The van der Waals surface area contributed by atoms with Gasteiger partial charge in [0.1, 0.15) is 0 Å². The maximum atomic E-state index is 12.4. The lowest BCUT2D eigenvalue weighted by molar-refractivity contribution is -0.139. The highest BCUT2D eigenvalue weighted by atomic mass is 127. The average molecular weight is 556 g/mol. The third kappa shape index (κ3) is 7.33. The van der Waals surface area contributed by atoms with Gasteiger partial charge in [0.05, 0.1) is 0 Å². The van der Waals surface area contributed by atoms with Crippen molar-refractivity contribution < 1.29 is 9.59 Å². The summed E-state index contributed by atoms with van der Waals surface area (Å²) in [6.07, 6.45) is 3.36. The number of hydrogen-bond donors (Lipinski definition) is 2. The first-order valence-corrected chi connectivity index (χ1v) is 11.2. The second-order valence-electron chi connectivity index (χ2n) is 8.54. The minimum atomic E-state index is 0. The van der Waals surface area contributed by atoms with Crippen LogP contribution >= 0.6 is 24.0 Å². The molecule has 1 saturated heterocycles. The molecule has 1 aliphatic heterocycles. The van der Waals surface area contributed by atoms with Crippen LogP contribution in [-0.2, 0) is 11.3 Å². The van der Waals surface area contributed by atoms with Crippen molar-refractivity contribution in [3.63, 3.8) is 0 Å². The summed E-state index contributed by atoms with van der Waals surface area (Å²) in [6, 6.07) is 7.62. The number of carbonyl (C=O) groups excluding carboxylic acids is 2. The highest BCUT2D eigenvalue weighted by molar-refractivity contribution is 14.0. The molecule has 3 rings (SSSR count). The van der Waals surface area contributed by atoms with Crippen LogP contribution in [0, 0.1) is 5.92 Å². The summed E-state index contributed by atoms with van der Waals surface area (Å²) in [5.74, 6) is 1.43. The Morgan fingerprint density at radius 2 is 1.72 bits per heavy atom. The van der Waals surface area contributed by atoms with Gasteiger partial charge in [0.25, 0.3) is 5.91 Å². The van der Waals surface area contributed by atoms with Gasteiger partial charge in [-0.15, -0.1) is 24.0 Å². The second-order valence-corrected chi connectivity index (χ2v) is 8.54. The van der Waals surface area contributed by atoms with Gasteiger partial charge in [0, 0.05) is 78.4 Å². The van der Waals surface area contributed by atoms with E-state index in [0.717, 1.165) is 63.6 Å². The standard InChI is InChI=1S/C23H36N6O2.HI/c1-24-23(26-17-18-7-9-20(10-8-18)21(30)27(2)3)25-11-12-28-13-15-29(16-14-28)22(31)19-5-4-6-19;/h7-10,19H,4-6,11-17H2,1-3H3,(H2,24,25,26);1H. The Balaban J connectivity index is 0.00000363. The van der Waals surface area contributed by atoms with Crippen molar-refractivity contribution in [1.82, 2.24) is 25.3 Å². The summed E-state index contributed by atoms with van der Waals surface area (Å²) in [5.41, 5.74) is 1.77. The fourth-order valence-electron chi connectivity index (χ4n) is 3.87. The molecule has 0 unspecified atom stereocenters. The minimum Gasteiger partial charge on any atom is -0.355 e. The predicted molar refractivity (Wildman–Crippen MR) is 138 cm³/mol. The zero-order valence-electron chi connectivity index (χ0n) is 19.5. The fourth-order valence-corrected chi connectivity index (χ4v) is 3.87. The number of nitrogens with one attached hydrogen (secondary N) is 2. The van der Waals surface area contributed by atoms with Crippen molar-refractivity contribution in [3.05, 3.63) is 35.4 Å². The maximum absolute atomic E-state index is 12.4. The van der Waals surface area contributed by atoms with Gasteiger partial charge in [-0.05, 0) is 30.5 Å². The van der Waals surface area contributed by atoms with Crippen LogP contribution in [0.2, 0.25) is 0 Å². The van der Waals surface area contributed by atoms with Gasteiger partial charge in [0.15, 0.2) is 5.96 Å². The van der Waals surface area contributed by atoms with Gasteiger partial charge in [-0.1, -0.05) is 18.6 Å². The Morgan fingerprint density at radius 1 is 1.06 bits per heavy atom. The summed E-state index contributed by atoms with van der Waals surface area (Å²) in [4.78, 5) is 34.6. The minimum absolute atomic E-state index is 0. The molecule has 0 spiro atoms. The number of nitrogens with zero attached hydrogens (tertiary/aromatic N) is 4. The molecule has 1 aromatic carbocycles. The molecule has 2 N–H and O–H groups in total. The fraction of sp³-hybridized carbons (Fsp3) is 0.609. The molecule has 0 aromatic heterocycles. The van der Waals surface area contributed by atoms with Crippen molar-refractivity contribution in [3.8, 4) is 0 Å². The van der Waals surface area contributed by atoms with Crippen LogP contribution in [0.4, 0.5) is 0 Å². The van der Waals surface area contributed by atoms with E-state index in [1.165, 1.54) is 6.42 Å². The first kappa shape index (κ1) is 26.4. The van der Waals surface area contributed by atoms with Gasteiger partial charge in [-0.2, -0.15) is 0 Å². The molecule has 178 valence electrons. The molecule has 32 heavy (non-hydrogen) atoms. The largest absolute Gasteiger partial charge is 0.355 e. The number of hydrogen-bond acceptors (Lipinski definition) is 4. The number of piperazine rings is 1. The Hall–Kier alpha value is -1.88. The molecule has 0 bridgehead atoms. The number of halogens is 1. The quantitative estimate of drug-likeness (QED) is 0.303. The lowest BCUT2D eigenvalue weighted by atomic mass is 9.84. The summed E-state index contributed by atoms with van der Waals surface area (Å²) < 4.78 is 0. The monoisotopic (exact) mass is 556 g/mol. The van der Waals surface area contributed by atoms with Crippen molar-refractivity contribution >= 4 is 41.8 Å². The first-order chi connectivity index (χ1) is 15.0. The Morgan fingerprint density at radius 3 is 2.25 bits per heavy atom. The number of rotatable bonds is 7. The molecule has 0 radical (unpaired) electrons. The second kappa shape index (κ2) is 13.0. The Bertz CT molecular complexity index is 771. The van der Waals surface area contributed by atoms with Gasteiger partial charge in [-0.25, -0.2) is 0 Å². The molecular weight excluding hydrogens is 519 g/mol. The number of guanidine groups is 1. The van der Waals surface area contributed by atoms with Crippen LogP contribution in [0.5, 0.6) is 0 Å². The van der Waals surface area contributed by atoms with E-state index in [-0.39, 0.29) is 29.9 Å². The van der Waals surface area contributed by atoms with Crippen molar-refractivity contribution in [2.24, 2.45) is 10.9 Å². The SMILES string of the molecule is CN=C(NCCN1CCN(C(=O)C2CCC2)CC1)NCc1ccc(C(=O)N(C)C)cc1.I. The third-order valence-corrected chi connectivity index (χ3v) is 6.15. The number of aliphatic imine (C=N–C) groups is 1. The van der Waals surface area contributed by atoms with E-state index in [9.17, 15) is 9.59 Å². The predicted octanol–water partition coefficient (Wildman–Crippen LogP) is 1.62. The van der Waals surface area contributed by atoms with Crippen LogP contribution in [-0.4, -0.2) is 92.9 Å². The van der Waals surface area contributed by atoms with E-state index in [0.29, 0.717) is 23.9 Å². The number of carbonyl (C=O) groups is 2. The van der Waals surface area contributed by atoms with Gasteiger partial charge >= 0.3 is 0 Å². The lowest BCUT2D eigenvalue weighted by Gasteiger charge is -2.38. The normalized spacial score (nSPS) is 17.2. The molecule has 1 aromatic rings. The van der Waals surface area contributed by atoms with E-state index in [4.69, 9.17) is 0 Å². The van der Waals surface area contributed by atoms with E-state index >= 15 is 0 Å². The molecule has 2 fully saturated rings. The van der Waals surface area contributed by atoms with Crippen LogP contribution in [0.1, 0.15) is 35.2 Å². The summed E-state index contributed by atoms with van der Waals surface area (Å²) in [5, 5.41) is 6.67. The molecule has 2 aliphatic rings. The molecule has 1 heterocycles. The molecule has 1 saturated carbocycles. The molecule has 1 aliphatic carbocycles. The molecule has 2 amide bonds. The van der Waals surface area contributed by atoms with E-state index in [2.05, 4.69) is 20.5 Å². The number of amides is 2. The lowest BCUT2D eigenvalue weighted by Crippen LogP contribution is -2.52. The summed E-state index contributed by atoms with van der Waals surface area (Å²) in [7, 11) is 5.27. The van der Waals surface area contributed by atoms with Crippen LogP contribution in [0.25, 0.3) is 0 Å². The van der Waals surface area contributed by atoms with E-state index in [1.54, 1.807) is 26.0 Å². The Kier molecular flexibility index (Phi) is 10.7. The summed E-state index contributed by atoms with van der Waals surface area (Å²) in [6.45, 7) is 5.91. The van der Waals surface area contributed by atoms with Crippen LogP contribution in [0.3, 0.4) is 0 Å². The van der Waals surface area contributed by atoms with Crippen molar-refractivity contribution in [2.45, 2.75) is 25.8 Å². The van der Waals surface area contributed by atoms with Gasteiger partial charge < -0.3 is 20.4 Å². The first-order valence-electron chi connectivity index (χ1n) is 11.2. The highest BCUT2D eigenvalue weighted by Gasteiger charge is 2.30. The summed E-state index contributed by atoms with van der Waals surface area (Å²) >= 11 is 0. The van der Waals surface area contributed by atoms with Crippen LogP contribution in [0.15, 0.2) is 29.3 Å². The molecule has 9 heteroatoms. The van der Waals surface area contributed by atoms with Crippen molar-refractivity contribution in [2.75, 3.05) is 60.4 Å². The van der Waals surface area contributed by atoms with Gasteiger partial charge in [0.2, 0.25) is 5.91 Å². The average Bonchev–Trinajstić information content (AvgIpc) is 2.75. The Labute approximate surface area is 208 Å². The molecule has 8 nitrogen and oxygen atoms in total. The van der Waals surface area contributed by atoms with E-state index < -0.39 is 0 Å². The maximum Gasteiger partial charge on any atom is 0.253 e. The van der Waals surface area contributed by atoms with Gasteiger partial charge in [-0.3, -0.25) is 19.5 Å². The zero-order valence-corrected chi connectivity index (χ0v) is 21.8. The molecular formula is C23H37IN6O2. The number of benzene rings is 1. The molecule has 0 atom stereocenters. The third-order valence-electron chi connectivity index (χ3n) is 6.15. The smallest absolute Gasteiger partial charge is 0.253 e.